The molecule has 12 heteroatoms. The average Bonchev–Trinajstić information content (AvgIpc) is 3.30. The highest BCUT2D eigenvalue weighted by atomic mass is 31.2. The quantitative estimate of drug-likeness (QED) is 0.0197. The lowest BCUT2D eigenvalue weighted by Gasteiger charge is -2.21. The summed E-state index contributed by atoms with van der Waals surface area (Å²) in [6.07, 6.45) is 48.3. The summed E-state index contributed by atoms with van der Waals surface area (Å²) in [7, 11) is -4.73. The number of rotatable bonds is 50. The molecule has 0 fully saturated rings. The van der Waals surface area contributed by atoms with Crippen molar-refractivity contribution in [2.24, 2.45) is 0 Å². The minimum atomic E-state index is -4.73. The zero-order chi connectivity index (χ0) is 48.4. The van der Waals surface area contributed by atoms with Crippen LogP contribution in [0.15, 0.2) is 36.5 Å². The summed E-state index contributed by atoms with van der Waals surface area (Å²) >= 11 is 0. The summed E-state index contributed by atoms with van der Waals surface area (Å²) < 4.78 is 39.3. The molecule has 0 aromatic carbocycles. The van der Waals surface area contributed by atoms with Crippen molar-refractivity contribution in [3.8, 4) is 0 Å². The van der Waals surface area contributed by atoms with Gasteiger partial charge in [0.25, 0.3) is 0 Å². The van der Waals surface area contributed by atoms with E-state index in [0.29, 0.717) is 19.3 Å². The van der Waals surface area contributed by atoms with Crippen molar-refractivity contribution in [2.75, 3.05) is 26.4 Å². The fourth-order valence-corrected chi connectivity index (χ4v) is 8.27. The summed E-state index contributed by atoms with van der Waals surface area (Å²) in [5, 5.41) is 9.77. The van der Waals surface area contributed by atoms with Crippen LogP contribution in [0.5, 0.6) is 0 Å². The molecular weight excluding hydrogens is 856 g/mol. The Morgan fingerprint density at radius 3 is 1.21 bits per heavy atom. The monoisotopic (exact) mass is 955 g/mol. The van der Waals surface area contributed by atoms with Crippen molar-refractivity contribution < 1.29 is 52.2 Å². The minimum absolute atomic E-state index is 0.160. The second-order valence-electron chi connectivity index (χ2n) is 18.0. The number of allylic oxidation sites excluding steroid dienone is 6. The van der Waals surface area contributed by atoms with Gasteiger partial charge in [-0.1, -0.05) is 218 Å². The standard InChI is InChI=1S/C54H99O11P/c1-4-7-10-13-16-19-21-23-24-25-26-28-30-33-36-39-42-45-54(58)65-51(47-61-52(56)43-40-37-34-31-18-15-12-9-6-3)49-63-66(59,60)62-48-50(46-55)64-53(57)44-41-38-35-32-29-27-22-20-17-14-11-8-5-2/h7,10,16,19,23-24,50-51,55H,4-6,8-9,11-15,17-18,20-22,25-49H2,1-3H3,(H,59,60)/b10-7-,19-16-,24-23-. The normalized spacial score (nSPS) is 13.7. The van der Waals surface area contributed by atoms with Gasteiger partial charge in [0.1, 0.15) is 12.7 Å². The maximum Gasteiger partial charge on any atom is 0.472 e. The van der Waals surface area contributed by atoms with Crippen molar-refractivity contribution in [3.63, 3.8) is 0 Å². The summed E-state index contributed by atoms with van der Waals surface area (Å²) in [5.74, 6) is -1.46. The first-order valence-electron chi connectivity index (χ1n) is 26.9. The Labute approximate surface area is 403 Å². The van der Waals surface area contributed by atoms with Gasteiger partial charge in [0, 0.05) is 19.3 Å². The molecule has 66 heavy (non-hydrogen) atoms. The first-order chi connectivity index (χ1) is 32.2. The number of phosphoric acid groups is 1. The Kier molecular flexibility index (Phi) is 47.4. The number of ether oxygens (including phenoxy) is 3. The molecule has 11 nitrogen and oxygen atoms in total. The van der Waals surface area contributed by atoms with E-state index in [1.165, 1.54) is 103 Å². The second-order valence-corrected chi connectivity index (χ2v) is 19.5. The third-order valence-electron chi connectivity index (χ3n) is 11.6. The van der Waals surface area contributed by atoms with Crippen LogP contribution in [0.2, 0.25) is 0 Å². The lowest BCUT2D eigenvalue weighted by molar-refractivity contribution is -0.161. The number of phosphoric ester groups is 1. The van der Waals surface area contributed by atoms with E-state index < -0.39 is 57.8 Å². The van der Waals surface area contributed by atoms with Crippen molar-refractivity contribution in [2.45, 2.75) is 264 Å². The molecule has 0 saturated heterocycles. The molecule has 2 N–H and O–H groups in total. The summed E-state index contributed by atoms with van der Waals surface area (Å²) in [5.41, 5.74) is 0. The van der Waals surface area contributed by atoms with E-state index in [1.54, 1.807) is 0 Å². The first-order valence-corrected chi connectivity index (χ1v) is 28.4. The smallest absolute Gasteiger partial charge is 0.462 e. The minimum Gasteiger partial charge on any atom is -0.462 e. The molecule has 0 radical (unpaired) electrons. The fraction of sp³-hybridized carbons (Fsp3) is 0.833. The maximum absolute atomic E-state index is 12.8. The lowest BCUT2D eigenvalue weighted by Crippen LogP contribution is -2.30. The van der Waals surface area contributed by atoms with Gasteiger partial charge in [-0.2, -0.15) is 0 Å². The molecular formula is C54H99O11P. The van der Waals surface area contributed by atoms with Crippen molar-refractivity contribution >= 4 is 25.7 Å². The van der Waals surface area contributed by atoms with E-state index in [4.69, 9.17) is 23.3 Å². The van der Waals surface area contributed by atoms with E-state index in [1.807, 2.05) is 0 Å². The van der Waals surface area contributed by atoms with Crippen LogP contribution in [-0.4, -0.2) is 66.5 Å². The van der Waals surface area contributed by atoms with E-state index in [9.17, 15) is 28.9 Å². The molecule has 0 aliphatic rings. The van der Waals surface area contributed by atoms with Gasteiger partial charge in [-0.15, -0.1) is 0 Å². The molecule has 0 saturated carbocycles. The maximum atomic E-state index is 12.8. The SMILES string of the molecule is CC/C=C\C/C=C\C/C=C\CCCCCCCCCC(=O)OC(COC(=O)CCCCCCCCCCC)COP(=O)(O)OCC(CO)OC(=O)CCCCCCCCCCCCCCC. The number of hydrogen-bond donors (Lipinski definition) is 2. The van der Waals surface area contributed by atoms with E-state index in [2.05, 4.69) is 57.2 Å². The summed E-state index contributed by atoms with van der Waals surface area (Å²) in [4.78, 5) is 48.3. The molecule has 3 unspecified atom stereocenters. The third-order valence-corrected chi connectivity index (χ3v) is 12.5. The molecule has 0 aromatic rings. The van der Waals surface area contributed by atoms with Crippen LogP contribution >= 0.6 is 7.82 Å². The first kappa shape index (κ1) is 63.7. The molecule has 0 aromatic heterocycles. The van der Waals surface area contributed by atoms with Gasteiger partial charge in [0.05, 0.1) is 19.8 Å². The van der Waals surface area contributed by atoms with Crippen molar-refractivity contribution in [1.29, 1.82) is 0 Å². The van der Waals surface area contributed by atoms with Gasteiger partial charge in [0.15, 0.2) is 6.10 Å². The zero-order valence-electron chi connectivity index (χ0n) is 42.4. The number of aliphatic hydroxyl groups excluding tert-OH is 1. The number of hydrogen-bond acceptors (Lipinski definition) is 10. The average molecular weight is 955 g/mol. The van der Waals surface area contributed by atoms with E-state index in [-0.39, 0.29) is 25.9 Å². The number of esters is 3. The highest BCUT2D eigenvalue weighted by Crippen LogP contribution is 2.43. The van der Waals surface area contributed by atoms with Crippen LogP contribution in [0.4, 0.5) is 0 Å². The molecule has 0 aliphatic heterocycles. The van der Waals surface area contributed by atoms with Crippen LogP contribution in [0.25, 0.3) is 0 Å². The van der Waals surface area contributed by atoms with Crippen LogP contribution < -0.4 is 0 Å². The van der Waals surface area contributed by atoms with Gasteiger partial charge in [0.2, 0.25) is 0 Å². The third kappa shape index (κ3) is 46.8. The Morgan fingerprint density at radius 1 is 0.439 bits per heavy atom. The second kappa shape index (κ2) is 49.1. The molecule has 0 bridgehead atoms. The van der Waals surface area contributed by atoms with Gasteiger partial charge < -0.3 is 24.2 Å². The van der Waals surface area contributed by atoms with Crippen LogP contribution in [0, 0.1) is 0 Å². The Bertz CT molecular complexity index is 1250. The number of aliphatic hydroxyl groups is 1. The van der Waals surface area contributed by atoms with Gasteiger partial charge in [-0.05, 0) is 51.4 Å². The summed E-state index contributed by atoms with van der Waals surface area (Å²) in [6.45, 7) is 4.52. The zero-order valence-corrected chi connectivity index (χ0v) is 43.3. The number of carbonyl (C=O) groups is 3. The molecule has 0 heterocycles. The molecule has 3 atom stereocenters. The van der Waals surface area contributed by atoms with E-state index >= 15 is 0 Å². The van der Waals surface area contributed by atoms with Crippen LogP contribution in [-0.2, 0) is 42.2 Å². The molecule has 386 valence electrons. The molecule has 0 rings (SSSR count). The topological polar surface area (TPSA) is 155 Å². The lowest BCUT2D eigenvalue weighted by atomic mass is 10.0. The predicted octanol–water partition coefficient (Wildman–Crippen LogP) is 15.3. The number of carbonyl (C=O) groups excluding carboxylic acids is 3. The van der Waals surface area contributed by atoms with Gasteiger partial charge >= 0.3 is 25.7 Å². The predicted molar refractivity (Wildman–Crippen MR) is 270 cm³/mol. The fourth-order valence-electron chi connectivity index (χ4n) is 7.49. The van der Waals surface area contributed by atoms with Crippen LogP contribution in [0.1, 0.15) is 252 Å². The van der Waals surface area contributed by atoms with Gasteiger partial charge in [-0.3, -0.25) is 23.4 Å². The van der Waals surface area contributed by atoms with Crippen molar-refractivity contribution in [1.82, 2.24) is 0 Å². The Morgan fingerprint density at radius 2 is 0.788 bits per heavy atom. The summed E-state index contributed by atoms with van der Waals surface area (Å²) in [6, 6.07) is 0. The largest absolute Gasteiger partial charge is 0.472 e. The van der Waals surface area contributed by atoms with E-state index in [0.717, 1.165) is 89.9 Å². The van der Waals surface area contributed by atoms with Crippen LogP contribution in [0.3, 0.4) is 0 Å². The van der Waals surface area contributed by atoms with Crippen molar-refractivity contribution in [3.05, 3.63) is 36.5 Å². The Balaban J connectivity index is 4.67. The van der Waals surface area contributed by atoms with Gasteiger partial charge in [-0.25, -0.2) is 4.57 Å². The molecule has 0 aliphatic carbocycles. The molecule has 0 amide bonds. The molecule has 0 spiro atoms. The Hall–Kier alpha value is -2.30. The number of unbranched alkanes of at least 4 members (excludes halogenated alkanes) is 27. The highest BCUT2D eigenvalue weighted by Gasteiger charge is 2.28. The highest BCUT2D eigenvalue weighted by molar-refractivity contribution is 7.47.